The minimum Gasteiger partial charge on any atom is -0.454 e. The van der Waals surface area contributed by atoms with E-state index in [1.165, 1.54) is 6.07 Å². The van der Waals surface area contributed by atoms with Crippen molar-refractivity contribution in [3.05, 3.63) is 54.3 Å². The van der Waals surface area contributed by atoms with Crippen LogP contribution in [0.2, 0.25) is 0 Å². The van der Waals surface area contributed by atoms with Gasteiger partial charge in [-0.1, -0.05) is 18.2 Å². The Labute approximate surface area is 112 Å². The van der Waals surface area contributed by atoms with Crippen LogP contribution >= 0.6 is 0 Å². The fourth-order valence-corrected chi connectivity index (χ4v) is 1.45. The summed E-state index contributed by atoms with van der Waals surface area (Å²) in [6.45, 7) is 0. The number of nitrogens with zero attached hydrogens (tertiary/aromatic N) is 2. The van der Waals surface area contributed by atoms with E-state index in [-0.39, 0.29) is 5.75 Å². The summed E-state index contributed by atoms with van der Waals surface area (Å²) in [5.41, 5.74) is 0.640. The van der Waals surface area contributed by atoms with Crippen LogP contribution in [-0.4, -0.2) is 25.3 Å². The molecule has 0 aromatic heterocycles. The molecule has 4 heteroatoms. The average molecular weight is 258 g/mol. The lowest BCUT2D eigenvalue weighted by molar-refractivity contribution is 0.442. The summed E-state index contributed by atoms with van der Waals surface area (Å²) < 4.78 is 19.2. The van der Waals surface area contributed by atoms with Crippen molar-refractivity contribution in [3.8, 4) is 11.5 Å². The van der Waals surface area contributed by atoms with Crippen LogP contribution in [0.25, 0.3) is 0 Å². The van der Waals surface area contributed by atoms with Crippen LogP contribution in [0, 0.1) is 5.82 Å². The van der Waals surface area contributed by atoms with E-state index in [9.17, 15) is 4.39 Å². The van der Waals surface area contributed by atoms with Crippen molar-refractivity contribution in [2.24, 2.45) is 4.99 Å². The van der Waals surface area contributed by atoms with Gasteiger partial charge in [-0.3, -0.25) is 0 Å². The Hall–Kier alpha value is -2.36. The van der Waals surface area contributed by atoms with Gasteiger partial charge in [0.05, 0.1) is 12.0 Å². The van der Waals surface area contributed by atoms with E-state index in [4.69, 9.17) is 4.74 Å². The molecule has 0 fully saturated rings. The highest BCUT2D eigenvalue weighted by Gasteiger charge is 2.05. The molecule has 0 saturated carbocycles. The van der Waals surface area contributed by atoms with Crippen LogP contribution in [0.4, 0.5) is 10.1 Å². The molecule has 2 rings (SSSR count). The molecule has 0 saturated heterocycles. The molecular formula is C15H15FN2O. The number of aliphatic imine (C=N–C) groups is 1. The number of para-hydroxylation sites is 1. The van der Waals surface area contributed by atoms with Gasteiger partial charge >= 0.3 is 0 Å². The Balaban J connectivity index is 2.22. The highest BCUT2D eigenvalue weighted by molar-refractivity contribution is 5.61. The van der Waals surface area contributed by atoms with Gasteiger partial charge in [-0.25, -0.2) is 9.38 Å². The smallest absolute Gasteiger partial charge is 0.165 e. The summed E-state index contributed by atoms with van der Waals surface area (Å²) in [5, 5.41) is 0. The van der Waals surface area contributed by atoms with E-state index in [0.29, 0.717) is 11.4 Å². The maximum atomic E-state index is 13.7. The molecular weight excluding hydrogens is 243 g/mol. The first-order valence-corrected chi connectivity index (χ1v) is 5.88. The summed E-state index contributed by atoms with van der Waals surface area (Å²) >= 11 is 0. The predicted octanol–water partition coefficient (Wildman–Crippen LogP) is 3.84. The number of ether oxygens (including phenoxy) is 1. The molecule has 98 valence electrons. The summed E-state index contributed by atoms with van der Waals surface area (Å²) in [5.74, 6) is 0.349. The molecule has 2 aromatic carbocycles. The van der Waals surface area contributed by atoms with Crippen LogP contribution < -0.4 is 4.74 Å². The van der Waals surface area contributed by atoms with E-state index >= 15 is 0 Å². The van der Waals surface area contributed by atoms with E-state index in [0.717, 1.165) is 0 Å². The van der Waals surface area contributed by atoms with Crippen molar-refractivity contribution in [3.63, 3.8) is 0 Å². The lowest BCUT2D eigenvalue weighted by Crippen LogP contribution is -2.06. The van der Waals surface area contributed by atoms with Crippen LogP contribution in [0.1, 0.15) is 0 Å². The molecule has 0 aliphatic heterocycles. The van der Waals surface area contributed by atoms with E-state index < -0.39 is 5.82 Å². The largest absolute Gasteiger partial charge is 0.454 e. The van der Waals surface area contributed by atoms with Crippen LogP contribution in [0.3, 0.4) is 0 Å². The Morgan fingerprint density at radius 3 is 2.53 bits per heavy atom. The lowest BCUT2D eigenvalue weighted by atomic mass is 10.3. The Bertz CT molecular complexity index is 568. The molecule has 19 heavy (non-hydrogen) atoms. The van der Waals surface area contributed by atoms with Gasteiger partial charge in [-0.05, 0) is 24.3 Å². The van der Waals surface area contributed by atoms with Crippen LogP contribution in [-0.2, 0) is 0 Å². The van der Waals surface area contributed by atoms with Gasteiger partial charge in [0, 0.05) is 20.2 Å². The molecule has 3 nitrogen and oxygen atoms in total. The molecule has 0 spiro atoms. The predicted molar refractivity (Wildman–Crippen MR) is 74.8 cm³/mol. The SMILES string of the molecule is CN(C)C=Nc1ccc(F)c(Oc2ccccc2)c1. The zero-order valence-corrected chi connectivity index (χ0v) is 10.9. The molecule has 0 radical (unpaired) electrons. The second-order valence-electron chi connectivity index (χ2n) is 4.24. The maximum absolute atomic E-state index is 13.7. The van der Waals surface area contributed by atoms with Gasteiger partial charge in [-0.15, -0.1) is 0 Å². The molecule has 0 aliphatic carbocycles. The molecule has 0 N–H and O–H groups in total. The zero-order valence-electron chi connectivity index (χ0n) is 10.9. The Morgan fingerprint density at radius 2 is 1.84 bits per heavy atom. The third kappa shape index (κ3) is 3.81. The van der Waals surface area contributed by atoms with Gasteiger partial charge in [-0.2, -0.15) is 0 Å². The monoisotopic (exact) mass is 258 g/mol. The highest BCUT2D eigenvalue weighted by atomic mass is 19.1. The molecule has 0 unspecified atom stereocenters. The van der Waals surface area contributed by atoms with Crippen molar-refractivity contribution in [2.75, 3.05) is 14.1 Å². The number of benzene rings is 2. The van der Waals surface area contributed by atoms with Crippen LogP contribution in [0.5, 0.6) is 11.5 Å². The van der Waals surface area contributed by atoms with E-state index in [1.54, 1.807) is 35.5 Å². The minimum absolute atomic E-state index is 0.166. The van der Waals surface area contributed by atoms with E-state index in [2.05, 4.69) is 4.99 Å². The summed E-state index contributed by atoms with van der Waals surface area (Å²) in [4.78, 5) is 6.01. The van der Waals surface area contributed by atoms with Crippen molar-refractivity contribution < 1.29 is 9.13 Å². The molecule has 2 aromatic rings. The number of halogens is 1. The quantitative estimate of drug-likeness (QED) is 0.615. The third-order valence-corrected chi connectivity index (χ3v) is 2.32. The fraction of sp³-hybridized carbons (Fsp3) is 0.133. The van der Waals surface area contributed by atoms with E-state index in [1.807, 2.05) is 32.3 Å². The Kier molecular flexibility index (Phi) is 4.13. The summed E-state index contributed by atoms with van der Waals surface area (Å²) in [6.07, 6.45) is 1.65. The topological polar surface area (TPSA) is 24.8 Å². The normalized spacial score (nSPS) is 10.7. The summed E-state index contributed by atoms with van der Waals surface area (Å²) in [6, 6.07) is 13.6. The first kappa shape index (κ1) is 13.1. The molecule has 0 heterocycles. The average Bonchev–Trinajstić information content (AvgIpc) is 2.41. The standard InChI is InChI=1S/C15H15FN2O/c1-18(2)11-17-12-8-9-14(16)15(10-12)19-13-6-4-3-5-7-13/h3-11H,1-2H3. The summed E-state index contributed by atoms with van der Waals surface area (Å²) in [7, 11) is 3.74. The highest BCUT2D eigenvalue weighted by Crippen LogP contribution is 2.28. The fourth-order valence-electron chi connectivity index (χ4n) is 1.45. The first-order chi connectivity index (χ1) is 9.15. The zero-order chi connectivity index (χ0) is 13.7. The molecule has 0 aliphatic rings. The van der Waals surface area contributed by atoms with Crippen molar-refractivity contribution in [2.45, 2.75) is 0 Å². The third-order valence-electron chi connectivity index (χ3n) is 2.32. The van der Waals surface area contributed by atoms with Crippen molar-refractivity contribution >= 4 is 12.0 Å². The van der Waals surface area contributed by atoms with Gasteiger partial charge in [0.15, 0.2) is 11.6 Å². The van der Waals surface area contributed by atoms with Gasteiger partial charge in [0.2, 0.25) is 0 Å². The number of rotatable bonds is 4. The van der Waals surface area contributed by atoms with Crippen molar-refractivity contribution in [1.82, 2.24) is 4.90 Å². The maximum Gasteiger partial charge on any atom is 0.165 e. The Morgan fingerprint density at radius 1 is 1.11 bits per heavy atom. The first-order valence-electron chi connectivity index (χ1n) is 5.88. The second kappa shape index (κ2) is 6.00. The lowest BCUT2D eigenvalue weighted by Gasteiger charge is -2.07. The molecule has 0 amide bonds. The second-order valence-corrected chi connectivity index (χ2v) is 4.24. The van der Waals surface area contributed by atoms with Gasteiger partial charge < -0.3 is 9.64 Å². The molecule has 0 bridgehead atoms. The molecule has 0 atom stereocenters. The van der Waals surface area contributed by atoms with Crippen molar-refractivity contribution in [1.29, 1.82) is 0 Å². The van der Waals surface area contributed by atoms with Gasteiger partial charge in [0.1, 0.15) is 5.75 Å². The van der Waals surface area contributed by atoms with Gasteiger partial charge in [0.25, 0.3) is 0 Å². The number of hydrogen-bond acceptors (Lipinski definition) is 2. The van der Waals surface area contributed by atoms with Crippen LogP contribution in [0.15, 0.2) is 53.5 Å². The number of hydrogen-bond donors (Lipinski definition) is 0. The minimum atomic E-state index is -0.410.